The van der Waals surface area contributed by atoms with Crippen molar-refractivity contribution in [1.29, 1.82) is 0 Å². The lowest BCUT2D eigenvalue weighted by Gasteiger charge is -2.39. The summed E-state index contributed by atoms with van der Waals surface area (Å²) in [5.74, 6) is 0. The van der Waals surface area contributed by atoms with Gasteiger partial charge in [-0.1, -0.05) is 52.4 Å². The number of hydrogen-bond donors (Lipinski definition) is 0. The second-order valence-electron chi connectivity index (χ2n) is 6.11. The van der Waals surface area contributed by atoms with Crippen molar-refractivity contribution in [3.8, 4) is 0 Å². The molecular weight excluding hydrogens is 206 g/mol. The maximum absolute atomic E-state index is 2.79. The van der Waals surface area contributed by atoms with Crippen molar-refractivity contribution < 1.29 is 0 Å². The molecule has 0 spiro atoms. The quantitative estimate of drug-likeness (QED) is 0.512. The molecule has 0 N–H and O–H groups in total. The van der Waals surface area contributed by atoms with Gasteiger partial charge in [0.25, 0.3) is 0 Å². The summed E-state index contributed by atoms with van der Waals surface area (Å²) in [5.41, 5.74) is 0.514. The topological polar surface area (TPSA) is 3.24 Å². The molecule has 17 heavy (non-hydrogen) atoms. The second-order valence-corrected chi connectivity index (χ2v) is 6.11. The molecule has 102 valence electrons. The van der Waals surface area contributed by atoms with Gasteiger partial charge >= 0.3 is 0 Å². The number of unbranched alkanes of at least 4 members (excludes halogenated alkanes) is 4. The smallest absolute Gasteiger partial charge is 0.0181 e. The fraction of sp³-hybridized carbons (Fsp3) is 1.00. The Morgan fingerprint density at radius 1 is 0.824 bits per heavy atom. The first-order chi connectivity index (χ1) is 8.23. The Labute approximate surface area is 109 Å². The van der Waals surface area contributed by atoms with Crippen molar-refractivity contribution in [1.82, 2.24) is 4.90 Å². The van der Waals surface area contributed by atoms with Gasteiger partial charge in [0.05, 0.1) is 0 Å². The Kier molecular flexibility index (Phi) is 7.18. The molecule has 1 atom stereocenters. The van der Waals surface area contributed by atoms with E-state index in [4.69, 9.17) is 0 Å². The average Bonchev–Trinajstić information content (AvgIpc) is 2.86. The zero-order valence-corrected chi connectivity index (χ0v) is 12.4. The van der Waals surface area contributed by atoms with Crippen LogP contribution in [0.3, 0.4) is 0 Å². The monoisotopic (exact) mass is 239 g/mol. The van der Waals surface area contributed by atoms with E-state index in [1.807, 2.05) is 0 Å². The first-order valence-electron chi connectivity index (χ1n) is 7.98. The van der Waals surface area contributed by atoms with Crippen LogP contribution in [0.15, 0.2) is 0 Å². The summed E-state index contributed by atoms with van der Waals surface area (Å²) in [4.78, 5) is 2.79. The first kappa shape index (κ1) is 15.0. The molecule has 1 nitrogen and oxygen atoms in total. The SMILES string of the molecule is CCCCCCC(C)(CCCC)N1CCCC1. The fourth-order valence-electron chi connectivity index (χ4n) is 3.19. The van der Waals surface area contributed by atoms with E-state index in [2.05, 4.69) is 25.7 Å². The van der Waals surface area contributed by atoms with Gasteiger partial charge in [-0.15, -0.1) is 0 Å². The standard InChI is InChI=1S/C16H33N/c1-4-6-8-9-13-16(3,12-7-5-2)17-14-10-11-15-17/h4-15H2,1-3H3. The zero-order chi connectivity index (χ0) is 12.6. The van der Waals surface area contributed by atoms with Crippen LogP contribution in [0.25, 0.3) is 0 Å². The predicted octanol–water partition coefficient (Wildman–Crippen LogP) is 5.00. The van der Waals surface area contributed by atoms with E-state index in [9.17, 15) is 0 Å². The van der Waals surface area contributed by atoms with Gasteiger partial charge in [0.2, 0.25) is 0 Å². The Bertz CT molecular complexity index is 184. The van der Waals surface area contributed by atoms with Crippen molar-refractivity contribution in [2.45, 2.75) is 90.5 Å². The lowest BCUT2D eigenvalue weighted by Crippen LogP contribution is -2.44. The molecule has 0 bridgehead atoms. The number of hydrogen-bond acceptors (Lipinski definition) is 1. The Morgan fingerprint density at radius 2 is 1.41 bits per heavy atom. The van der Waals surface area contributed by atoms with Crippen molar-refractivity contribution >= 4 is 0 Å². The molecule has 1 aliphatic heterocycles. The number of nitrogens with zero attached hydrogens (tertiary/aromatic N) is 1. The van der Waals surface area contributed by atoms with Crippen LogP contribution in [0.4, 0.5) is 0 Å². The molecule has 1 saturated heterocycles. The molecule has 1 heteroatoms. The Hall–Kier alpha value is -0.0400. The van der Waals surface area contributed by atoms with E-state index >= 15 is 0 Å². The fourth-order valence-corrected chi connectivity index (χ4v) is 3.19. The average molecular weight is 239 g/mol. The highest BCUT2D eigenvalue weighted by Gasteiger charge is 2.32. The summed E-state index contributed by atoms with van der Waals surface area (Å²) in [5, 5.41) is 0. The molecular formula is C16H33N. The van der Waals surface area contributed by atoms with Crippen LogP contribution >= 0.6 is 0 Å². The minimum absolute atomic E-state index is 0.514. The van der Waals surface area contributed by atoms with Crippen LogP contribution in [0.5, 0.6) is 0 Å². The molecule has 1 heterocycles. The highest BCUT2D eigenvalue weighted by Crippen LogP contribution is 2.31. The van der Waals surface area contributed by atoms with E-state index in [0.717, 1.165) is 0 Å². The minimum atomic E-state index is 0.514. The third kappa shape index (κ3) is 4.99. The lowest BCUT2D eigenvalue weighted by atomic mass is 9.87. The Balaban J connectivity index is 2.39. The summed E-state index contributed by atoms with van der Waals surface area (Å²) in [7, 11) is 0. The molecule has 1 aliphatic rings. The highest BCUT2D eigenvalue weighted by atomic mass is 15.2. The van der Waals surface area contributed by atoms with Gasteiger partial charge in [0, 0.05) is 5.54 Å². The van der Waals surface area contributed by atoms with Crippen LogP contribution in [-0.4, -0.2) is 23.5 Å². The first-order valence-corrected chi connectivity index (χ1v) is 7.98. The summed E-state index contributed by atoms with van der Waals surface area (Å²) in [6, 6.07) is 0. The van der Waals surface area contributed by atoms with Crippen LogP contribution < -0.4 is 0 Å². The molecule has 0 aromatic carbocycles. The molecule has 1 unspecified atom stereocenters. The molecule has 0 aromatic rings. The largest absolute Gasteiger partial charge is 0.298 e. The molecule has 0 aromatic heterocycles. The minimum Gasteiger partial charge on any atom is -0.298 e. The summed E-state index contributed by atoms with van der Waals surface area (Å²) in [6.45, 7) is 9.86. The summed E-state index contributed by atoms with van der Waals surface area (Å²) in [6.07, 6.45) is 14.1. The number of rotatable bonds is 9. The van der Waals surface area contributed by atoms with Gasteiger partial charge in [0.15, 0.2) is 0 Å². The van der Waals surface area contributed by atoms with E-state index in [1.165, 1.54) is 77.3 Å². The summed E-state index contributed by atoms with van der Waals surface area (Å²) >= 11 is 0. The molecule has 0 radical (unpaired) electrons. The van der Waals surface area contributed by atoms with Crippen LogP contribution in [0.2, 0.25) is 0 Å². The van der Waals surface area contributed by atoms with Gasteiger partial charge in [-0.2, -0.15) is 0 Å². The molecule has 1 fully saturated rings. The van der Waals surface area contributed by atoms with Crippen LogP contribution in [-0.2, 0) is 0 Å². The van der Waals surface area contributed by atoms with Crippen molar-refractivity contribution in [3.05, 3.63) is 0 Å². The third-order valence-corrected chi connectivity index (χ3v) is 4.51. The van der Waals surface area contributed by atoms with Gasteiger partial charge in [-0.05, 0) is 45.7 Å². The predicted molar refractivity (Wildman–Crippen MR) is 77.5 cm³/mol. The normalized spacial score (nSPS) is 20.6. The third-order valence-electron chi connectivity index (χ3n) is 4.51. The molecule has 0 saturated carbocycles. The van der Waals surface area contributed by atoms with Crippen molar-refractivity contribution in [3.63, 3.8) is 0 Å². The van der Waals surface area contributed by atoms with E-state index in [-0.39, 0.29) is 0 Å². The highest BCUT2D eigenvalue weighted by molar-refractivity contribution is 4.88. The molecule has 0 aliphatic carbocycles. The maximum atomic E-state index is 2.79. The molecule has 1 rings (SSSR count). The van der Waals surface area contributed by atoms with E-state index in [0.29, 0.717) is 5.54 Å². The number of likely N-dealkylation sites (tertiary alicyclic amines) is 1. The lowest BCUT2D eigenvalue weighted by molar-refractivity contribution is 0.108. The summed E-state index contributed by atoms with van der Waals surface area (Å²) < 4.78 is 0. The van der Waals surface area contributed by atoms with Gasteiger partial charge in [-0.25, -0.2) is 0 Å². The van der Waals surface area contributed by atoms with E-state index in [1.54, 1.807) is 0 Å². The zero-order valence-electron chi connectivity index (χ0n) is 12.4. The molecule has 0 amide bonds. The maximum Gasteiger partial charge on any atom is 0.0181 e. The van der Waals surface area contributed by atoms with Gasteiger partial charge < -0.3 is 0 Å². The van der Waals surface area contributed by atoms with Gasteiger partial charge in [0.1, 0.15) is 0 Å². The van der Waals surface area contributed by atoms with Crippen LogP contribution in [0.1, 0.15) is 85.0 Å². The van der Waals surface area contributed by atoms with Gasteiger partial charge in [-0.3, -0.25) is 4.90 Å². The van der Waals surface area contributed by atoms with E-state index < -0.39 is 0 Å². The van der Waals surface area contributed by atoms with Crippen LogP contribution in [0, 0.1) is 0 Å². The van der Waals surface area contributed by atoms with Crippen molar-refractivity contribution in [2.24, 2.45) is 0 Å². The second kappa shape index (κ2) is 8.13. The Morgan fingerprint density at radius 3 is 2.00 bits per heavy atom. The van der Waals surface area contributed by atoms with Crippen molar-refractivity contribution in [2.75, 3.05) is 13.1 Å².